The monoisotopic (exact) mass is 358 g/mol. The number of allylic oxidation sites excluding steroid dienone is 4. The van der Waals surface area contributed by atoms with E-state index in [2.05, 4.69) is 44.3 Å². The number of hydrogen-bond acceptors (Lipinski definition) is 3. The molecule has 1 aliphatic heterocycles. The van der Waals surface area contributed by atoms with Gasteiger partial charge >= 0.3 is 0 Å². The van der Waals surface area contributed by atoms with E-state index in [9.17, 15) is 4.39 Å². The zero-order valence-corrected chi connectivity index (χ0v) is 16.6. The molecule has 0 saturated heterocycles. The molecule has 2 heterocycles. The summed E-state index contributed by atoms with van der Waals surface area (Å²) in [5, 5.41) is 3.24. The third-order valence-electron chi connectivity index (χ3n) is 4.62. The normalized spacial score (nSPS) is 15.5. The van der Waals surface area contributed by atoms with Crippen molar-refractivity contribution in [1.29, 1.82) is 0 Å². The van der Waals surface area contributed by atoms with E-state index in [-0.39, 0.29) is 0 Å². The summed E-state index contributed by atoms with van der Waals surface area (Å²) in [6, 6.07) is 0. The van der Waals surface area contributed by atoms with Gasteiger partial charge in [0.25, 0.3) is 0 Å². The molecule has 26 heavy (non-hydrogen) atoms. The molecule has 1 aromatic heterocycles. The molecule has 142 valence electrons. The van der Waals surface area contributed by atoms with Gasteiger partial charge in [-0.2, -0.15) is 0 Å². The van der Waals surface area contributed by atoms with E-state index in [0.717, 1.165) is 41.3 Å². The van der Waals surface area contributed by atoms with Gasteiger partial charge in [-0.15, -0.1) is 0 Å². The lowest BCUT2D eigenvalue weighted by Gasteiger charge is -2.12. The number of aliphatic imine (C=N–C) groups is 1. The predicted octanol–water partition coefficient (Wildman–Crippen LogP) is 4.63. The second-order valence-electron chi connectivity index (χ2n) is 7.16. The molecule has 0 fully saturated rings. The molecule has 0 spiro atoms. The standard InChI is InChI=1S/C21H31FN4/c1-14(2)18-8-6-7-17(21(24-5)25-18)11-15(3)12-19-20(23)16(4)13-26(19)10-9-22/h6,8,12-14,24H,7,9-11,23H2,1-5H3/b15-12-. The number of nitrogens with zero attached hydrogens (tertiary/aromatic N) is 2. The number of aryl methyl sites for hydroxylation is 2. The van der Waals surface area contributed by atoms with Gasteiger partial charge in [0.2, 0.25) is 0 Å². The third-order valence-corrected chi connectivity index (χ3v) is 4.62. The van der Waals surface area contributed by atoms with E-state index in [1.54, 1.807) is 0 Å². The van der Waals surface area contributed by atoms with Crippen LogP contribution in [0.15, 0.2) is 40.3 Å². The van der Waals surface area contributed by atoms with Crippen LogP contribution in [0.1, 0.15) is 44.9 Å². The van der Waals surface area contributed by atoms with Gasteiger partial charge in [-0.3, -0.25) is 0 Å². The van der Waals surface area contributed by atoms with Crippen LogP contribution in [0.4, 0.5) is 10.1 Å². The van der Waals surface area contributed by atoms with Crippen LogP contribution in [0.3, 0.4) is 0 Å². The Kier molecular flexibility index (Phi) is 6.83. The maximum absolute atomic E-state index is 12.8. The molecule has 2 rings (SSSR count). The molecule has 1 aromatic rings. The van der Waals surface area contributed by atoms with E-state index in [1.807, 2.05) is 24.7 Å². The Morgan fingerprint density at radius 1 is 1.46 bits per heavy atom. The number of hydrogen-bond donors (Lipinski definition) is 2. The van der Waals surface area contributed by atoms with Crippen LogP contribution in [0.5, 0.6) is 0 Å². The van der Waals surface area contributed by atoms with Crippen LogP contribution >= 0.6 is 0 Å². The zero-order valence-electron chi connectivity index (χ0n) is 16.6. The Hall–Kier alpha value is -2.30. The Bertz CT molecular complexity index is 763. The first kappa shape index (κ1) is 20.0. The largest absolute Gasteiger partial charge is 0.397 e. The van der Waals surface area contributed by atoms with Crippen molar-refractivity contribution in [3.8, 4) is 0 Å². The van der Waals surface area contributed by atoms with E-state index >= 15 is 0 Å². The van der Waals surface area contributed by atoms with Gasteiger partial charge in [-0.05, 0) is 55.9 Å². The van der Waals surface area contributed by atoms with E-state index in [1.165, 1.54) is 11.1 Å². The lowest BCUT2D eigenvalue weighted by molar-refractivity contribution is 0.445. The minimum Gasteiger partial charge on any atom is -0.397 e. The first-order valence-electron chi connectivity index (χ1n) is 9.20. The molecule has 4 nitrogen and oxygen atoms in total. The number of alkyl halides is 1. The molecule has 0 bridgehead atoms. The second kappa shape index (κ2) is 8.88. The fraction of sp³-hybridized carbons (Fsp3) is 0.476. The van der Waals surface area contributed by atoms with Gasteiger partial charge < -0.3 is 15.6 Å². The summed E-state index contributed by atoms with van der Waals surface area (Å²) in [5.74, 6) is 1.33. The highest BCUT2D eigenvalue weighted by Crippen LogP contribution is 2.27. The Morgan fingerprint density at radius 3 is 2.81 bits per heavy atom. The molecule has 0 saturated carbocycles. The van der Waals surface area contributed by atoms with Crippen molar-refractivity contribution in [2.45, 2.75) is 47.1 Å². The molecule has 0 aromatic carbocycles. The fourth-order valence-corrected chi connectivity index (χ4v) is 3.16. The zero-order chi connectivity index (χ0) is 19.3. The average molecular weight is 359 g/mol. The SMILES string of the molecule is CNC1=C(C/C(C)=C\c2c(N)c(C)cn2CCF)CC=CC(C(C)C)=N1. The van der Waals surface area contributed by atoms with Crippen molar-refractivity contribution >= 4 is 17.5 Å². The minimum atomic E-state index is -0.403. The summed E-state index contributed by atoms with van der Waals surface area (Å²) in [7, 11) is 1.91. The summed E-state index contributed by atoms with van der Waals surface area (Å²) in [5.41, 5.74) is 12.3. The molecule has 0 aliphatic carbocycles. The van der Waals surface area contributed by atoms with Gasteiger partial charge in [0.15, 0.2) is 0 Å². The van der Waals surface area contributed by atoms with Gasteiger partial charge in [-0.25, -0.2) is 9.38 Å². The summed E-state index contributed by atoms with van der Waals surface area (Å²) < 4.78 is 14.7. The first-order valence-corrected chi connectivity index (χ1v) is 9.20. The topological polar surface area (TPSA) is 55.3 Å². The average Bonchev–Trinajstić information content (AvgIpc) is 2.77. The molecule has 0 atom stereocenters. The highest BCUT2D eigenvalue weighted by atomic mass is 19.1. The van der Waals surface area contributed by atoms with Crippen LogP contribution in [0.25, 0.3) is 6.08 Å². The van der Waals surface area contributed by atoms with Gasteiger partial charge in [0.1, 0.15) is 12.5 Å². The quantitative estimate of drug-likeness (QED) is 0.747. The van der Waals surface area contributed by atoms with Crippen LogP contribution in [0.2, 0.25) is 0 Å². The molecule has 0 radical (unpaired) electrons. The number of rotatable bonds is 7. The van der Waals surface area contributed by atoms with Crippen molar-refractivity contribution < 1.29 is 4.39 Å². The maximum atomic E-state index is 12.8. The predicted molar refractivity (Wildman–Crippen MR) is 110 cm³/mol. The van der Waals surface area contributed by atoms with Crippen molar-refractivity contribution in [2.75, 3.05) is 19.5 Å². The second-order valence-corrected chi connectivity index (χ2v) is 7.16. The van der Waals surface area contributed by atoms with Crippen LogP contribution in [-0.2, 0) is 6.54 Å². The minimum absolute atomic E-state index is 0.326. The number of nitrogen functional groups attached to an aromatic ring is 1. The first-order chi connectivity index (χ1) is 12.4. The van der Waals surface area contributed by atoms with Gasteiger partial charge in [0.05, 0.1) is 17.9 Å². The van der Waals surface area contributed by atoms with Crippen molar-refractivity contribution in [3.05, 3.63) is 46.6 Å². The van der Waals surface area contributed by atoms with E-state index < -0.39 is 6.67 Å². The summed E-state index contributed by atoms with van der Waals surface area (Å²) in [4.78, 5) is 4.80. The van der Waals surface area contributed by atoms with Crippen LogP contribution < -0.4 is 11.1 Å². The lowest BCUT2D eigenvalue weighted by atomic mass is 10.0. The Labute approximate surface area is 156 Å². The fourth-order valence-electron chi connectivity index (χ4n) is 3.16. The number of halogens is 1. The molecular weight excluding hydrogens is 327 g/mol. The van der Waals surface area contributed by atoms with E-state index in [4.69, 9.17) is 10.7 Å². The third kappa shape index (κ3) is 4.65. The highest BCUT2D eigenvalue weighted by Gasteiger charge is 2.13. The van der Waals surface area contributed by atoms with Crippen molar-refractivity contribution in [1.82, 2.24) is 9.88 Å². The van der Waals surface area contributed by atoms with Gasteiger partial charge in [-0.1, -0.05) is 25.5 Å². The Morgan fingerprint density at radius 2 is 2.19 bits per heavy atom. The highest BCUT2D eigenvalue weighted by molar-refractivity contribution is 5.97. The van der Waals surface area contributed by atoms with Crippen molar-refractivity contribution in [3.63, 3.8) is 0 Å². The summed E-state index contributed by atoms with van der Waals surface area (Å²) in [6.45, 7) is 8.26. The molecule has 3 N–H and O–H groups in total. The van der Waals surface area contributed by atoms with Crippen molar-refractivity contribution in [2.24, 2.45) is 10.9 Å². The number of nitrogens with one attached hydrogen (secondary N) is 1. The molecule has 1 aliphatic rings. The molecule has 0 unspecified atom stereocenters. The van der Waals surface area contributed by atoms with Crippen LogP contribution in [-0.4, -0.2) is 24.0 Å². The number of nitrogens with two attached hydrogens (primary N) is 1. The molecule has 5 heteroatoms. The lowest BCUT2D eigenvalue weighted by Crippen LogP contribution is -2.11. The van der Waals surface area contributed by atoms with Crippen LogP contribution in [0, 0.1) is 12.8 Å². The summed E-state index contributed by atoms with van der Waals surface area (Å²) >= 11 is 0. The van der Waals surface area contributed by atoms with Gasteiger partial charge in [0, 0.05) is 19.0 Å². The summed E-state index contributed by atoms with van der Waals surface area (Å²) in [6.07, 6.45) is 9.94. The Balaban J connectivity index is 2.32. The molecule has 0 amide bonds. The molecular formula is C21H31FN4. The van der Waals surface area contributed by atoms with E-state index in [0.29, 0.717) is 12.5 Å². The number of aromatic nitrogens is 1. The number of anilines is 1. The smallest absolute Gasteiger partial charge is 0.125 e. The maximum Gasteiger partial charge on any atom is 0.125 e.